The second kappa shape index (κ2) is 6.19. The summed E-state index contributed by atoms with van der Waals surface area (Å²) in [6, 6.07) is 0.646. The Morgan fingerprint density at radius 1 is 1.30 bits per heavy atom. The molecule has 0 aliphatic carbocycles. The molecule has 1 fully saturated rings. The normalized spacial score (nSPS) is 20.1. The molecule has 1 saturated heterocycles. The molecule has 1 heterocycles. The molecule has 2 N–H and O–H groups in total. The first-order valence-electron chi connectivity index (χ1n) is 3.49. The summed E-state index contributed by atoms with van der Waals surface area (Å²) in [6.07, 6.45) is 2.36. The molecule has 0 unspecified atom stereocenters. The monoisotopic (exact) mass is 179 g/mol. The fourth-order valence-corrected chi connectivity index (χ4v) is 1.10. The minimum Gasteiger partial charge on any atom is -0.662 e. The van der Waals surface area contributed by atoms with Crippen molar-refractivity contribution >= 4 is 0 Å². The van der Waals surface area contributed by atoms with Crippen molar-refractivity contribution in [1.82, 2.24) is 10.9 Å². The summed E-state index contributed by atoms with van der Waals surface area (Å²) in [7, 11) is 1.91. The van der Waals surface area contributed by atoms with E-state index in [1.165, 1.54) is 12.8 Å². The van der Waals surface area contributed by atoms with E-state index in [-0.39, 0.29) is 18.6 Å². The maximum absolute atomic E-state index is 4.24. The van der Waals surface area contributed by atoms with Crippen LogP contribution in [0.1, 0.15) is 12.8 Å². The molecule has 1 radical (unpaired) electrons. The Bertz CT molecular complexity index is 70.6. The number of nitrogens with zero attached hydrogens (tertiary/aromatic N) is 1. The van der Waals surface area contributed by atoms with Crippen molar-refractivity contribution in [3.05, 3.63) is 5.32 Å². The maximum atomic E-state index is 4.24. The standard InChI is InChI=1S/C6H14N3.V/c1-7-9-6-2-4-8-5-3-6;/h6-7,9H,2-5H2,1H3;/q-1;. The molecule has 0 aromatic carbocycles. The van der Waals surface area contributed by atoms with Gasteiger partial charge >= 0.3 is 0 Å². The third-order valence-corrected chi connectivity index (χ3v) is 1.62. The molecule has 0 spiro atoms. The zero-order chi connectivity index (χ0) is 6.53. The van der Waals surface area contributed by atoms with Gasteiger partial charge in [-0.3, -0.25) is 10.9 Å². The van der Waals surface area contributed by atoms with Crippen LogP contribution in [0.2, 0.25) is 0 Å². The second-order valence-corrected chi connectivity index (χ2v) is 2.34. The fraction of sp³-hybridized carbons (Fsp3) is 1.00. The van der Waals surface area contributed by atoms with Crippen LogP contribution in [0.5, 0.6) is 0 Å². The Morgan fingerprint density at radius 3 is 2.40 bits per heavy atom. The van der Waals surface area contributed by atoms with Gasteiger partial charge in [0.1, 0.15) is 0 Å². The summed E-state index contributed by atoms with van der Waals surface area (Å²) in [6.45, 7) is 2.05. The molecule has 1 rings (SSSR count). The zero-order valence-corrected chi connectivity index (χ0v) is 7.70. The quantitative estimate of drug-likeness (QED) is 0.596. The van der Waals surface area contributed by atoms with Crippen LogP contribution in [-0.2, 0) is 18.6 Å². The molecule has 59 valence electrons. The zero-order valence-electron chi connectivity index (χ0n) is 6.30. The Morgan fingerprint density at radius 2 is 1.90 bits per heavy atom. The topological polar surface area (TPSA) is 38.2 Å². The van der Waals surface area contributed by atoms with E-state index < -0.39 is 0 Å². The van der Waals surface area contributed by atoms with Crippen LogP contribution in [-0.4, -0.2) is 26.2 Å². The number of hydrazine groups is 1. The molecule has 0 aromatic rings. The van der Waals surface area contributed by atoms with Crippen LogP contribution in [0.3, 0.4) is 0 Å². The van der Waals surface area contributed by atoms with Crippen molar-refractivity contribution < 1.29 is 18.6 Å². The van der Waals surface area contributed by atoms with Gasteiger partial charge in [0.05, 0.1) is 0 Å². The van der Waals surface area contributed by atoms with Crippen molar-refractivity contribution in [2.24, 2.45) is 0 Å². The minimum absolute atomic E-state index is 0. The third kappa shape index (κ3) is 3.59. The molecular weight excluding hydrogens is 165 g/mol. The van der Waals surface area contributed by atoms with E-state index in [9.17, 15) is 0 Å². The number of hydrogen-bond acceptors (Lipinski definition) is 2. The predicted octanol–water partition coefficient (Wildman–Crippen LogP) is 0.244. The van der Waals surface area contributed by atoms with Gasteiger partial charge in [0.2, 0.25) is 0 Å². The van der Waals surface area contributed by atoms with Gasteiger partial charge in [-0.25, -0.2) is 0 Å². The SMILES string of the molecule is CNNC1CC[N-]CC1.[V]. The molecule has 3 nitrogen and oxygen atoms in total. The Labute approximate surface area is 74.2 Å². The molecule has 0 bridgehead atoms. The van der Waals surface area contributed by atoms with Crippen LogP contribution < -0.4 is 10.9 Å². The van der Waals surface area contributed by atoms with Crippen molar-refractivity contribution in [2.75, 3.05) is 20.1 Å². The number of nitrogens with one attached hydrogen (secondary N) is 2. The molecule has 1 aliphatic rings. The molecule has 1 aliphatic heterocycles. The van der Waals surface area contributed by atoms with Crippen molar-refractivity contribution in [2.45, 2.75) is 18.9 Å². The van der Waals surface area contributed by atoms with E-state index in [1.807, 2.05) is 7.05 Å². The summed E-state index contributed by atoms with van der Waals surface area (Å²) >= 11 is 0. The van der Waals surface area contributed by atoms with Gasteiger partial charge in [-0.05, 0) is 7.05 Å². The molecule has 10 heavy (non-hydrogen) atoms. The first kappa shape index (κ1) is 10.5. The van der Waals surface area contributed by atoms with Crippen molar-refractivity contribution in [1.29, 1.82) is 0 Å². The number of rotatable bonds is 2. The summed E-state index contributed by atoms with van der Waals surface area (Å²) in [4.78, 5) is 0. The van der Waals surface area contributed by atoms with Gasteiger partial charge in [0, 0.05) is 24.6 Å². The van der Waals surface area contributed by atoms with E-state index in [2.05, 4.69) is 16.2 Å². The van der Waals surface area contributed by atoms with Gasteiger partial charge < -0.3 is 5.32 Å². The Kier molecular flexibility index (Phi) is 6.48. The summed E-state index contributed by atoms with van der Waals surface area (Å²) in [5.74, 6) is 0. The van der Waals surface area contributed by atoms with E-state index in [1.54, 1.807) is 0 Å². The third-order valence-electron chi connectivity index (χ3n) is 1.62. The largest absolute Gasteiger partial charge is 0.662 e. The molecule has 0 amide bonds. The van der Waals surface area contributed by atoms with E-state index in [0.717, 1.165) is 13.1 Å². The van der Waals surface area contributed by atoms with Gasteiger partial charge in [0.15, 0.2) is 0 Å². The van der Waals surface area contributed by atoms with Gasteiger partial charge in [-0.1, -0.05) is 12.8 Å². The molecule has 0 aromatic heterocycles. The molecule has 0 atom stereocenters. The Hall–Kier alpha value is 0.464. The van der Waals surface area contributed by atoms with E-state index >= 15 is 0 Å². The molecular formula is C6H14N3V-. The van der Waals surface area contributed by atoms with Gasteiger partial charge in [-0.15, -0.1) is 13.1 Å². The van der Waals surface area contributed by atoms with Crippen molar-refractivity contribution in [3.63, 3.8) is 0 Å². The smallest absolute Gasteiger partial charge is 0.0180 e. The average Bonchev–Trinajstić information content (AvgIpc) is 1.91. The summed E-state index contributed by atoms with van der Waals surface area (Å²) in [5.41, 5.74) is 6.12. The number of piperidine rings is 1. The van der Waals surface area contributed by atoms with E-state index in [4.69, 9.17) is 0 Å². The first-order chi connectivity index (χ1) is 4.43. The van der Waals surface area contributed by atoms with Crippen LogP contribution >= 0.6 is 0 Å². The van der Waals surface area contributed by atoms with Crippen LogP contribution in [0.4, 0.5) is 0 Å². The van der Waals surface area contributed by atoms with Crippen LogP contribution in [0.15, 0.2) is 0 Å². The van der Waals surface area contributed by atoms with E-state index in [0.29, 0.717) is 6.04 Å². The van der Waals surface area contributed by atoms with Crippen molar-refractivity contribution in [3.8, 4) is 0 Å². The molecule has 4 heteroatoms. The second-order valence-electron chi connectivity index (χ2n) is 2.34. The van der Waals surface area contributed by atoms with Crippen LogP contribution in [0, 0.1) is 0 Å². The maximum Gasteiger partial charge on any atom is 0.0180 e. The van der Waals surface area contributed by atoms with Crippen LogP contribution in [0.25, 0.3) is 5.32 Å². The predicted molar refractivity (Wildman–Crippen MR) is 38.3 cm³/mol. The fourth-order valence-electron chi connectivity index (χ4n) is 1.10. The summed E-state index contributed by atoms with van der Waals surface area (Å²) in [5, 5.41) is 4.24. The van der Waals surface area contributed by atoms with Gasteiger partial charge in [0.25, 0.3) is 0 Å². The molecule has 0 saturated carbocycles. The average molecular weight is 179 g/mol. The summed E-state index contributed by atoms with van der Waals surface area (Å²) < 4.78 is 0. The number of hydrogen-bond donors (Lipinski definition) is 2. The first-order valence-corrected chi connectivity index (χ1v) is 3.49. The minimum atomic E-state index is 0. The van der Waals surface area contributed by atoms with Gasteiger partial charge in [-0.2, -0.15) is 0 Å². The Balaban J connectivity index is 0.000000810.